The van der Waals surface area contributed by atoms with Gasteiger partial charge in [-0.05, 0) is 0 Å². The molecule has 0 nitrogen and oxygen atoms in total. The molecular formula is C14H32Si5. The van der Waals surface area contributed by atoms with Crippen molar-refractivity contribution in [1.29, 1.82) is 0 Å². The van der Waals surface area contributed by atoms with Crippen LogP contribution in [0, 0.1) is 23.9 Å². The van der Waals surface area contributed by atoms with Gasteiger partial charge in [-0.15, -0.1) is 23.9 Å². The zero-order chi connectivity index (χ0) is 15.9. The van der Waals surface area contributed by atoms with Crippen LogP contribution in [0.25, 0.3) is 0 Å². The second kappa shape index (κ2) is 5.20. The van der Waals surface area contributed by atoms with Crippen LogP contribution in [0.1, 0.15) is 0 Å². The van der Waals surface area contributed by atoms with Gasteiger partial charge in [0.15, 0.2) is 0 Å². The van der Waals surface area contributed by atoms with Gasteiger partial charge in [-0.25, -0.2) is 0 Å². The van der Waals surface area contributed by atoms with Gasteiger partial charge in [0.2, 0.25) is 0 Å². The Kier molecular flexibility index (Phi) is 5.25. The van der Waals surface area contributed by atoms with Gasteiger partial charge in [0, 0.05) is 21.3 Å². The normalized spacial score (nSPS) is 14.7. The highest BCUT2D eigenvalue weighted by Gasteiger charge is 2.62. The summed E-state index contributed by atoms with van der Waals surface area (Å²) in [4.78, 5) is 0. The maximum atomic E-state index is 5.93. The molecule has 0 fully saturated rings. The van der Waals surface area contributed by atoms with Crippen LogP contribution in [0.5, 0.6) is 0 Å². The van der Waals surface area contributed by atoms with Crippen LogP contribution in [-0.4, -0.2) is 36.5 Å². The molecule has 0 saturated heterocycles. The summed E-state index contributed by atoms with van der Waals surface area (Å²) < 4.78 is 0. The topological polar surface area (TPSA) is 0 Å². The van der Waals surface area contributed by atoms with E-state index >= 15 is 0 Å². The first kappa shape index (κ1) is 19.2. The van der Waals surface area contributed by atoms with Crippen LogP contribution in [0.15, 0.2) is 0 Å². The van der Waals surface area contributed by atoms with Gasteiger partial charge < -0.3 is 0 Å². The minimum absolute atomic E-state index is 1.36. The van der Waals surface area contributed by atoms with E-state index in [0.717, 1.165) is 0 Å². The Labute approximate surface area is 126 Å². The molecule has 0 heterocycles. The van der Waals surface area contributed by atoms with Crippen LogP contribution in [0.2, 0.25) is 65.5 Å². The van der Waals surface area contributed by atoms with E-state index in [0.29, 0.717) is 0 Å². The summed E-state index contributed by atoms with van der Waals surface area (Å²) in [5.74, 6) is 0. The molecule has 0 aromatic heterocycles. The van der Waals surface area contributed by atoms with Crippen LogP contribution in [0.3, 0.4) is 0 Å². The Balaban J connectivity index is 6.05. The third-order valence-electron chi connectivity index (χ3n) is 6.97. The van der Waals surface area contributed by atoms with Crippen molar-refractivity contribution in [3.05, 3.63) is 0 Å². The maximum Gasteiger partial charge on any atom is 0.120 e. The van der Waals surface area contributed by atoms with Gasteiger partial charge in [0.05, 0.1) is 0 Å². The van der Waals surface area contributed by atoms with Gasteiger partial charge in [-0.2, -0.15) is 0 Å². The summed E-state index contributed by atoms with van der Waals surface area (Å²) in [6.07, 6.45) is 11.9. The second-order valence-corrected chi connectivity index (χ2v) is 59.7. The standard InChI is InChI=1S/C14H32Si5/c1-13-15(3,4)17(7,8)19(11,12)18(9,10)16(5,6)14-2/h1-2H,3-12H3. The lowest BCUT2D eigenvalue weighted by Gasteiger charge is -2.56. The number of rotatable bonds is 4. The SMILES string of the molecule is C#C[Si](C)(C)[Si](C)(C)[Si](C)(C)[Si](C)(C)[Si](C)(C)C#C. The zero-order valence-electron chi connectivity index (χ0n) is 14.7. The van der Waals surface area contributed by atoms with E-state index in [1.54, 1.807) is 0 Å². The summed E-state index contributed by atoms with van der Waals surface area (Å²) in [7, 11) is -7.16. The summed E-state index contributed by atoms with van der Waals surface area (Å²) in [6.45, 7) is 25.3. The Hall–Kier alpha value is 0.204. The Bertz CT molecular complexity index is 390. The lowest BCUT2D eigenvalue weighted by molar-refractivity contribution is 1.76. The van der Waals surface area contributed by atoms with E-state index in [-0.39, 0.29) is 0 Å². The molecule has 0 unspecified atom stereocenters. The maximum absolute atomic E-state index is 5.93. The van der Waals surface area contributed by atoms with Gasteiger partial charge in [0.25, 0.3) is 0 Å². The van der Waals surface area contributed by atoms with Crippen LogP contribution in [0.4, 0.5) is 0 Å². The lowest BCUT2D eigenvalue weighted by Crippen LogP contribution is -2.84. The molecule has 0 aromatic rings. The molecular weight excluding hydrogens is 309 g/mol. The van der Waals surface area contributed by atoms with Crippen molar-refractivity contribution in [2.75, 3.05) is 0 Å². The average Bonchev–Trinajstić information content (AvgIpc) is 2.27. The molecule has 19 heavy (non-hydrogen) atoms. The minimum atomic E-state index is -1.52. The van der Waals surface area contributed by atoms with Crippen molar-refractivity contribution in [2.45, 2.75) is 65.5 Å². The molecule has 0 aliphatic carbocycles. The lowest BCUT2D eigenvalue weighted by atomic mass is 11.4. The molecule has 0 atom stereocenters. The van der Waals surface area contributed by atoms with Crippen molar-refractivity contribution < 1.29 is 0 Å². The molecule has 0 rings (SSSR count). The molecule has 0 spiro atoms. The molecule has 108 valence electrons. The monoisotopic (exact) mass is 340 g/mol. The molecule has 0 aliphatic rings. The molecule has 0 N–H and O–H groups in total. The fourth-order valence-electron chi connectivity index (χ4n) is 2.70. The van der Waals surface area contributed by atoms with Crippen molar-refractivity contribution in [3.63, 3.8) is 0 Å². The molecule has 0 radical (unpaired) electrons. The fourth-order valence-corrected chi connectivity index (χ4v) is 105. The second-order valence-electron chi connectivity index (χ2n) is 8.41. The first-order valence-electron chi connectivity index (χ1n) is 7.08. The van der Waals surface area contributed by atoms with E-state index < -0.39 is 36.5 Å². The molecule has 0 amide bonds. The predicted molar refractivity (Wildman–Crippen MR) is 105 cm³/mol. The smallest absolute Gasteiger partial charge is 0.120 e. The van der Waals surface area contributed by atoms with Gasteiger partial charge in [0.1, 0.15) is 15.2 Å². The first-order chi connectivity index (χ1) is 8.12. The highest BCUT2D eigenvalue weighted by molar-refractivity contribution is 7.92. The molecule has 0 bridgehead atoms. The summed E-state index contributed by atoms with van der Waals surface area (Å²) >= 11 is 0. The largest absolute Gasteiger partial charge is 0.139 e. The molecule has 0 saturated carbocycles. The van der Waals surface area contributed by atoms with E-state index in [9.17, 15) is 0 Å². The van der Waals surface area contributed by atoms with Crippen molar-refractivity contribution in [3.8, 4) is 23.9 Å². The fraction of sp³-hybridized carbons (Fsp3) is 0.714. The zero-order valence-corrected chi connectivity index (χ0v) is 19.7. The Morgan fingerprint density at radius 1 is 0.474 bits per heavy atom. The third kappa shape index (κ3) is 2.68. The van der Waals surface area contributed by atoms with Crippen LogP contribution in [-0.2, 0) is 0 Å². The quantitative estimate of drug-likeness (QED) is 0.532. The summed E-state index contributed by atoms with van der Waals surface area (Å²) in [5.41, 5.74) is 6.50. The van der Waals surface area contributed by atoms with Crippen molar-refractivity contribution in [1.82, 2.24) is 0 Å². The van der Waals surface area contributed by atoms with E-state index in [4.69, 9.17) is 12.8 Å². The number of hydrogen-bond acceptors (Lipinski definition) is 0. The average molecular weight is 341 g/mol. The first-order valence-corrected chi connectivity index (χ1v) is 26.1. The summed E-state index contributed by atoms with van der Waals surface area (Å²) in [5, 5.41) is 0. The number of terminal acetylenes is 2. The van der Waals surface area contributed by atoms with E-state index in [2.05, 4.69) is 76.6 Å². The minimum Gasteiger partial charge on any atom is -0.139 e. The van der Waals surface area contributed by atoms with Crippen LogP contribution < -0.4 is 0 Å². The van der Waals surface area contributed by atoms with E-state index in [1.807, 2.05) is 0 Å². The van der Waals surface area contributed by atoms with Gasteiger partial charge in [-0.3, -0.25) is 0 Å². The molecule has 5 heteroatoms. The van der Waals surface area contributed by atoms with Crippen molar-refractivity contribution in [2.24, 2.45) is 0 Å². The molecule has 0 aliphatic heterocycles. The Morgan fingerprint density at radius 3 is 0.842 bits per heavy atom. The van der Waals surface area contributed by atoms with Crippen LogP contribution >= 0.6 is 0 Å². The number of hydrogen-bond donors (Lipinski definition) is 0. The predicted octanol–water partition coefficient (Wildman–Crippen LogP) is 4.19. The highest BCUT2D eigenvalue weighted by atomic mass is 29.9. The Morgan fingerprint density at radius 2 is 0.684 bits per heavy atom. The van der Waals surface area contributed by atoms with Gasteiger partial charge >= 0.3 is 0 Å². The highest BCUT2D eigenvalue weighted by Crippen LogP contribution is 2.38. The van der Waals surface area contributed by atoms with E-state index in [1.165, 1.54) is 0 Å². The summed E-state index contributed by atoms with van der Waals surface area (Å²) in [6, 6.07) is 0. The third-order valence-corrected chi connectivity index (χ3v) is 97.5. The van der Waals surface area contributed by atoms with Gasteiger partial charge in [-0.1, -0.05) is 65.5 Å². The van der Waals surface area contributed by atoms with Crippen molar-refractivity contribution >= 4 is 36.5 Å². The molecule has 0 aromatic carbocycles.